The Morgan fingerprint density at radius 2 is 1.92 bits per heavy atom. The van der Waals surface area contributed by atoms with Crippen molar-refractivity contribution in [3.05, 3.63) is 41.8 Å². The third-order valence-electron chi connectivity index (χ3n) is 3.94. The molecular formula is C16H19FN6O. The van der Waals surface area contributed by atoms with Crippen LogP contribution >= 0.6 is 0 Å². The Hall–Kier alpha value is -2.77. The number of nitrogens with one attached hydrogen (secondary N) is 1. The molecule has 1 aliphatic heterocycles. The second-order valence-corrected chi connectivity index (χ2v) is 5.57. The molecule has 7 nitrogen and oxygen atoms in total. The lowest BCUT2D eigenvalue weighted by Crippen LogP contribution is -2.46. The van der Waals surface area contributed by atoms with E-state index in [1.54, 1.807) is 23.2 Å². The number of carbonyl (C=O) groups excluding carboxylic acids is 1. The number of halogens is 1. The van der Waals surface area contributed by atoms with Crippen LogP contribution in [0.1, 0.15) is 5.56 Å². The number of amides is 1. The van der Waals surface area contributed by atoms with Gasteiger partial charge < -0.3 is 15.1 Å². The van der Waals surface area contributed by atoms with Gasteiger partial charge in [0.05, 0.1) is 6.20 Å². The molecule has 1 amide bonds. The van der Waals surface area contributed by atoms with Gasteiger partial charge >= 0.3 is 0 Å². The fraction of sp³-hybridized carbons (Fsp3) is 0.375. The summed E-state index contributed by atoms with van der Waals surface area (Å²) in [5, 5.41) is 11.1. The fourth-order valence-electron chi connectivity index (χ4n) is 2.55. The first-order chi connectivity index (χ1) is 11.7. The summed E-state index contributed by atoms with van der Waals surface area (Å²) < 4.78 is 12.9. The largest absolute Gasteiger partial charge is 0.353 e. The highest BCUT2D eigenvalue weighted by Gasteiger charge is 2.17. The average molecular weight is 330 g/mol. The summed E-state index contributed by atoms with van der Waals surface area (Å²) in [5.41, 5.74) is 1.04. The van der Waals surface area contributed by atoms with Crippen molar-refractivity contribution in [3.8, 4) is 0 Å². The summed E-state index contributed by atoms with van der Waals surface area (Å²) in [6.07, 6.45) is 3.24. The van der Waals surface area contributed by atoms with Crippen LogP contribution in [0.2, 0.25) is 0 Å². The van der Waals surface area contributed by atoms with Gasteiger partial charge in [-0.15, -0.1) is 5.10 Å². The Labute approximate surface area is 139 Å². The van der Waals surface area contributed by atoms with Crippen molar-refractivity contribution >= 4 is 18.2 Å². The zero-order chi connectivity index (χ0) is 16.8. The van der Waals surface area contributed by atoms with Gasteiger partial charge in [0.25, 0.3) is 0 Å². The Kier molecular flexibility index (Phi) is 5.15. The van der Waals surface area contributed by atoms with E-state index in [1.165, 1.54) is 12.1 Å². The molecule has 1 fully saturated rings. The van der Waals surface area contributed by atoms with Crippen LogP contribution < -0.4 is 10.2 Å². The van der Waals surface area contributed by atoms with Gasteiger partial charge in [0, 0.05) is 32.7 Å². The van der Waals surface area contributed by atoms with Crippen molar-refractivity contribution in [2.24, 2.45) is 0 Å². The molecule has 3 rings (SSSR count). The molecule has 126 valence electrons. The molecule has 0 spiro atoms. The number of carbonyl (C=O) groups is 1. The lowest BCUT2D eigenvalue weighted by Gasteiger charge is -2.33. The van der Waals surface area contributed by atoms with E-state index in [4.69, 9.17) is 0 Å². The summed E-state index contributed by atoms with van der Waals surface area (Å²) in [7, 11) is 0. The molecule has 1 aliphatic rings. The molecule has 1 N–H and O–H groups in total. The van der Waals surface area contributed by atoms with Gasteiger partial charge in [0.2, 0.25) is 12.4 Å². The molecule has 0 atom stereocenters. The number of hydrogen-bond acceptors (Lipinski definition) is 6. The van der Waals surface area contributed by atoms with Crippen molar-refractivity contribution in [2.45, 2.75) is 6.42 Å². The van der Waals surface area contributed by atoms with E-state index in [0.717, 1.165) is 37.3 Å². The first kappa shape index (κ1) is 16.1. The maximum atomic E-state index is 12.9. The fourth-order valence-corrected chi connectivity index (χ4v) is 2.55. The van der Waals surface area contributed by atoms with Gasteiger partial charge in [-0.1, -0.05) is 12.1 Å². The summed E-state index contributed by atoms with van der Waals surface area (Å²) in [6.45, 7) is 3.45. The molecule has 0 saturated carbocycles. The minimum atomic E-state index is -0.235. The van der Waals surface area contributed by atoms with E-state index in [2.05, 4.69) is 25.4 Å². The average Bonchev–Trinajstić information content (AvgIpc) is 2.64. The van der Waals surface area contributed by atoms with Crippen LogP contribution in [0.5, 0.6) is 0 Å². The topological polar surface area (TPSA) is 74.2 Å². The van der Waals surface area contributed by atoms with E-state index in [0.29, 0.717) is 25.6 Å². The monoisotopic (exact) mass is 330 g/mol. The number of aromatic nitrogens is 3. The third-order valence-corrected chi connectivity index (χ3v) is 3.94. The third kappa shape index (κ3) is 4.15. The van der Waals surface area contributed by atoms with Crippen LogP contribution in [-0.4, -0.2) is 59.2 Å². The predicted molar refractivity (Wildman–Crippen MR) is 88.3 cm³/mol. The standard InChI is InChI=1S/C16H19FN6O/c17-14-3-1-13(2-4-14)5-6-18-16-20-15(11-19-21-16)23-9-7-22(12-24)8-10-23/h1-4,11-12H,5-10H2,(H,18,20,21). The number of nitrogens with zero attached hydrogens (tertiary/aromatic N) is 5. The van der Waals surface area contributed by atoms with Crippen molar-refractivity contribution in [3.63, 3.8) is 0 Å². The van der Waals surface area contributed by atoms with E-state index in [-0.39, 0.29) is 5.82 Å². The Balaban J connectivity index is 1.53. The molecule has 24 heavy (non-hydrogen) atoms. The molecule has 0 unspecified atom stereocenters. The van der Waals surface area contributed by atoms with Crippen LogP contribution in [0.15, 0.2) is 30.5 Å². The molecular weight excluding hydrogens is 311 g/mol. The quantitative estimate of drug-likeness (QED) is 0.795. The maximum absolute atomic E-state index is 12.9. The zero-order valence-electron chi connectivity index (χ0n) is 13.2. The van der Waals surface area contributed by atoms with Gasteiger partial charge in [0.1, 0.15) is 5.82 Å². The normalized spacial score (nSPS) is 14.5. The molecule has 1 aromatic carbocycles. The second-order valence-electron chi connectivity index (χ2n) is 5.57. The van der Waals surface area contributed by atoms with Crippen molar-refractivity contribution in [1.29, 1.82) is 0 Å². The summed E-state index contributed by atoms with van der Waals surface area (Å²) in [6, 6.07) is 6.43. The maximum Gasteiger partial charge on any atom is 0.244 e. The number of hydrogen-bond donors (Lipinski definition) is 1. The minimum Gasteiger partial charge on any atom is -0.353 e. The highest BCUT2D eigenvalue weighted by Crippen LogP contribution is 2.13. The van der Waals surface area contributed by atoms with E-state index >= 15 is 0 Å². The van der Waals surface area contributed by atoms with Gasteiger partial charge in [-0.05, 0) is 24.1 Å². The zero-order valence-corrected chi connectivity index (χ0v) is 13.2. The van der Waals surface area contributed by atoms with Gasteiger partial charge in [0.15, 0.2) is 5.82 Å². The van der Waals surface area contributed by atoms with E-state index < -0.39 is 0 Å². The van der Waals surface area contributed by atoms with Crippen LogP contribution in [0.3, 0.4) is 0 Å². The minimum absolute atomic E-state index is 0.235. The van der Waals surface area contributed by atoms with Crippen LogP contribution in [0.4, 0.5) is 16.2 Å². The predicted octanol–water partition coefficient (Wildman–Crippen LogP) is 0.944. The lowest BCUT2D eigenvalue weighted by molar-refractivity contribution is -0.118. The van der Waals surface area contributed by atoms with Crippen molar-refractivity contribution in [1.82, 2.24) is 20.1 Å². The number of rotatable bonds is 6. The Morgan fingerprint density at radius 1 is 1.17 bits per heavy atom. The van der Waals surface area contributed by atoms with Crippen molar-refractivity contribution in [2.75, 3.05) is 42.9 Å². The molecule has 0 aliphatic carbocycles. The first-order valence-electron chi connectivity index (χ1n) is 7.87. The summed E-state index contributed by atoms with van der Waals surface area (Å²) >= 11 is 0. The second kappa shape index (κ2) is 7.67. The van der Waals surface area contributed by atoms with Crippen LogP contribution in [0, 0.1) is 5.82 Å². The SMILES string of the molecule is O=CN1CCN(c2cnnc(NCCc3ccc(F)cc3)n2)CC1. The van der Waals surface area contributed by atoms with Crippen molar-refractivity contribution < 1.29 is 9.18 Å². The number of piperazine rings is 1. The highest BCUT2D eigenvalue weighted by atomic mass is 19.1. The summed E-state index contributed by atoms with van der Waals surface area (Å²) in [4.78, 5) is 19.0. The molecule has 2 heterocycles. The Morgan fingerprint density at radius 3 is 2.62 bits per heavy atom. The van der Waals surface area contributed by atoms with Crippen LogP contribution in [0.25, 0.3) is 0 Å². The summed E-state index contributed by atoms with van der Waals surface area (Å²) in [5.74, 6) is 0.980. The van der Waals surface area contributed by atoms with Gasteiger partial charge in [-0.25, -0.2) is 4.39 Å². The van der Waals surface area contributed by atoms with Crippen LogP contribution in [-0.2, 0) is 11.2 Å². The van der Waals surface area contributed by atoms with E-state index in [9.17, 15) is 9.18 Å². The smallest absolute Gasteiger partial charge is 0.244 e. The van der Waals surface area contributed by atoms with Gasteiger partial charge in [-0.3, -0.25) is 4.79 Å². The van der Waals surface area contributed by atoms with Gasteiger partial charge in [-0.2, -0.15) is 10.1 Å². The molecule has 8 heteroatoms. The van der Waals surface area contributed by atoms with E-state index in [1.807, 2.05) is 0 Å². The Bertz CT molecular complexity index is 673. The highest BCUT2D eigenvalue weighted by molar-refractivity contribution is 5.49. The molecule has 0 bridgehead atoms. The molecule has 1 aromatic heterocycles. The lowest BCUT2D eigenvalue weighted by atomic mass is 10.1. The number of anilines is 2. The number of benzene rings is 1. The molecule has 2 aromatic rings. The molecule has 1 saturated heterocycles. The first-order valence-corrected chi connectivity index (χ1v) is 7.87. The molecule has 0 radical (unpaired) electrons.